The van der Waals surface area contributed by atoms with Crippen LogP contribution >= 0.6 is 0 Å². The predicted molar refractivity (Wildman–Crippen MR) is 188 cm³/mol. The molecular formula is C36H32N8O4. The van der Waals surface area contributed by atoms with E-state index in [1.807, 2.05) is 50.1 Å². The summed E-state index contributed by atoms with van der Waals surface area (Å²) in [6.45, 7) is 2.39. The maximum atomic E-state index is 14.2. The van der Waals surface area contributed by atoms with Crippen LogP contribution in [0.15, 0.2) is 70.3 Å². The number of pyridine rings is 2. The highest BCUT2D eigenvalue weighted by molar-refractivity contribution is 6.28. The Bertz CT molecular complexity index is 2540. The molecule has 12 heteroatoms. The molecule has 0 unspecified atom stereocenters. The van der Waals surface area contributed by atoms with E-state index in [9.17, 15) is 19.2 Å². The van der Waals surface area contributed by atoms with Gasteiger partial charge in [-0.25, -0.2) is 9.97 Å². The van der Waals surface area contributed by atoms with Gasteiger partial charge in [-0.3, -0.25) is 28.0 Å². The summed E-state index contributed by atoms with van der Waals surface area (Å²) in [5.74, 6) is -0.454. The van der Waals surface area contributed by atoms with E-state index in [0.29, 0.717) is 103 Å². The van der Waals surface area contributed by atoms with Crippen molar-refractivity contribution in [3.05, 3.63) is 92.5 Å². The number of fused-ring (bicyclic) bond motifs is 8. The number of likely N-dealkylation sites (N-methyl/N-ethyl adjacent to an activating group) is 2. The third-order valence-corrected chi connectivity index (χ3v) is 9.03. The van der Waals surface area contributed by atoms with Crippen molar-refractivity contribution in [3.8, 4) is 0 Å². The smallest absolute Gasteiger partial charge is 0.264 e. The molecule has 8 aromatic rings. The van der Waals surface area contributed by atoms with Crippen LogP contribution in [0.3, 0.4) is 0 Å². The topological polar surface area (TPSA) is 133 Å². The maximum Gasteiger partial charge on any atom is 0.264 e. The zero-order valence-electron chi connectivity index (χ0n) is 26.9. The lowest BCUT2D eigenvalue weighted by molar-refractivity contribution is 0.0943. The van der Waals surface area contributed by atoms with Gasteiger partial charge in [-0.15, -0.1) is 0 Å². The Balaban J connectivity index is 1.32. The molecule has 240 valence electrons. The quantitative estimate of drug-likeness (QED) is 0.242. The number of nitrogens with zero attached hydrogens (tertiary/aromatic N) is 6. The highest BCUT2D eigenvalue weighted by Gasteiger charge is 2.23. The summed E-state index contributed by atoms with van der Waals surface area (Å²) in [5, 5.41) is 9.44. The maximum absolute atomic E-state index is 14.2. The Labute approximate surface area is 272 Å². The van der Waals surface area contributed by atoms with Gasteiger partial charge in [0.05, 0.1) is 22.1 Å². The second-order valence-electron chi connectivity index (χ2n) is 12.7. The van der Waals surface area contributed by atoms with Crippen molar-refractivity contribution in [2.75, 3.05) is 54.4 Å². The Morgan fingerprint density at radius 3 is 1.40 bits per heavy atom. The first kappa shape index (κ1) is 29.7. The summed E-state index contributed by atoms with van der Waals surface area (Å²) in [5.41, 5.74) is 3.44. The highest BCUT2D eigenvalue weighted by Crippen LogP contribution is 2.36. The lowest BCUT2D eigenvalue weighted by Crippen LogP contribution is -2.31. The van der Waals surface area contributed by atoms with Crippen molar-refractivity contribution < 1.29 is 9.59 Å². The van der Waals surface area contributed by atoms with Crippen LogP contribution in [0.5, 0.6) is 0 Å². The minimum absolute atomic E-state index is 0.227. The third-order valence-electron chi connectivity index (χ3n) is 9.03. The molecule has 0 fully saturated rings. The van der Waals surface area contributed by atoms with Gasteiger partial charge >= 0.3 is 0 Å². The lowest BCUT2D eigenvalue weighted by Gasteiger charge is -2.12. The molecule has 0 radical (unpaired) electrons. The Morgan fingerprint density at radius 1 is 0.604 bits per heavy atom. The SMILES string of the molecule is CN(C)CCNC(=O)c1ccc2nc3c4ccc5c(=O)n6c7cc(C(=O)NCCN(C)C)ccc7nc6c6ccc(c(=O)n3c2c1)c4c56. The number of hydrogen-bond acceptors (Lipinski definition) is 8. The normalized spacial score (nSPS) is 12.4. The molecule has 0 spiro atoms. The van der Waals surface area contributed by atoms with E-state index < -0.39 is 0 Å². The van der Waals surface area contributed by atoms with E-state index in [4.69, 9.17) is 9.97 Å². The third kappa shape index (κ3) is 4.44. The summed E-state index contributed by atoms with van der Waals surface area (Å²) in [6, 6.07) is 17.5. The molecule has 2 N–H and O–H groups in total. The number of imidazole rings is 2. The van der Waals surface area contributed by atoms with Crippen LogP contribution in [0, 0.1) is 0 Å². The van der Waals surface area contributed by atoms with E-state index in [-0.39, 0.29) is 22.9 Å². The van der Waals surface area contributed by atoms with Crippen molar-refractivity contribution in [2.24, 2.45) is 0 Å². The molecule has 2 amide bonds. The molecule has 0 bridgehead atoms. The fourth-order valence-corrected chi connectivity index (χ4v) is 6.66. The van der Waals surface area contributed by atoms with Crippen LogP contribution in [0.25, 0.3) is 65.7 Å². The van der Waals surface area contributed by atoms with Crippen LogP contribution < -0.4 is 21.8 Å². The number of amides is 2. The largest absolute Gasteiger partial charge is 0.351 e. The van der Waals surface area contributed by atoms with E-state index in [0.717, 1.165) is 0 Å². The summed E-state index contributed by atoms with van der Waals surface area (Å²) >= 11 is 0. The molecule has 8 rings (SSSR count). The molecule has 0 aliphatic carbocycles. The number of benzene rings is 4. The average molecular weight is 641 g/mol. The second kappa shape index (κ2) is 10.9. The predicted octanol–water partition coefficient (Wildman–Crippen LogP) is 2.93. The van der Waals surface area contributed by atoms with Crippen LogP contribution in [0.1, 0.15) is 20.7 Å². The van der Waals surface area contributed by atoms with Gasteiger partial charge in [-0.05, 0) is 88.9 Å². The number of aromatic nitrogens is 4. The van der Waals surface area contributed by atoms with Crippen molar-refractivity contribution >= 4 is 77.5 Å². The minimum atomic E-state index is -0.287. The van der Waals surface area contributed by atoms with Gasteiger partial charge in [0, 0.05) is 69.6 Å². The first-order valence-corrected chi connectivity index (χ1v) is 15.7. The molecule has 4 aromatic heterocycles. The standard InChI is InChI=1S/C36H32N8O4/c1-41(2)15-13-37-33(45)19-5-11-25-27(17-19)43-31(39-25)21-7-10-24-30-22(8-9-23(29(21)30)35(43)47)32-40-26-12-6-20(18-28(26)44(32)36(24)48)34(46)38-14-16-42(3)4/h5-12,17-18H,13-16H2,1-4H3,(H,37,45)(H,38,46). The highest BCUT2D eigenvalue weighted by atomic mass is 16.2. The molecular weight excluding hydrogens is 608 g/mol. The van der Waals surface area contributed by atoms with Crippen LogP contribution in [0.2, 0.25) is 0 Å². The minimum Gasteiger partial charge on any atom is -0.351 e. The molecule has 48 heavy (non-hydrogen) atoms. The van der Waals surface area contributed by atoms with E-state index in [1.54, 1.807) is 57.3 Å². The zero-order chi connectivity index (χ0) is 33.4. The number of carbonyl (C=O) groups excluding carboxylic acids is 2. The van der Waals surface area contributed by atoms with Crippen molar-refractivity contribution in [3.63, 3.8) is 0 Å². The van der Waals surface area contributed by atoms with Gasteiger partial charge < -0.3 is 20.4 Å². The number of carbonyl (C=O) groups is 2. The lowest BCUT2D eigenvalue weighted by atomic mass is 9.96. The van der Waals surface area contributed by atoms with E-state index in [2.05, 4.69) is 10.6 Å². The average Bonchev–Trinajstić information content (AvgIpc) is 3.64. The zero-order valence-corrected chi connectivity index (χ0v) is 26.9. The van der Waals surface area contributed by atoms with Crippen molar-refractivity contribution in [1.29, 1.82) is 0 Å². The summed E-state index contributed by atoms with van der Waals surface area (Å²) < 4.78 is 3.10. The van der Waals surface area contributed by atoms with Crippen LogP contribution in [0.4, 0.5) is 0 Å². The fraction of sp³-hybridized carbons (Fsp3) is 0.222. The number of nitrogens with one attached hydrogen (secondary N) is 2. The Kier molecular flexibility index (Phi) is 6.76. The summed E-state index contributed by atoms with van der Waals surface area (Å²) in [7, 11) is 7.75. The first-order valence-electron chi connectivity index (χ1n) is 15.7. The van der Waals surface area contributed by atoms with Crippen molar-refractivity contribution in [2.45, 2.75) is 0 Å². The Morgan fingerprint density at radius 2 is 1.00 bits per heavy atom. The fourth-order valence-electron chi connectivity index (χ4n) is 6.66. The van der Waals surface area contributed by atoms with Gasteiger partial charge in [0.15, 0.2) is 0 Å². The van der Waals surface area contributed by atoms with Crippen LogP contribution in [-0.4, -0.2) is 94.8 Å². The van der Waals surface area contributed by atoms with Gasteiger partial charge in [0.25, 0.3) is 22.9 Å². The molecule has 0 saturated heterocycles. The summed E-state index contributed by atoms with van der Waals surface area (Å²) in [4.78, 5) is 67.8. The molecule has 4 aromatic carbocycles. The second-order valence-corrected chi connectivity index (χ2v) is 12.7. The monoisotopic (exact) mass is 640 g/mol. The molecule has 0 aliphatic rings. The first-order chi connectivity index (χ1) is 23.1. The molecule has 0 aliphatic heterocycles. The molecule has 0 atom stereocenters. The molecule has 0 saturated carbocycles. The number of hydrogen-bond donors (Lipinski definition) is 2. The van der Waals surface area contributed by atoms with Gasteiger partial charge in [0.2, 0.25) is 0 Å². The van der Waals surface area contributed by atoms with Crippen LogP contribution in [-0.2, 0) is 0 Å². The van der Waals surface area contributed by atoms with Gasteiger partial charge in [-0.1, -0.05) is 0 Å². The van der Waals surface area contributed by atoms with Gasteiger partial charge in [0.1, 0.15) is 11.3 Å². The Hall–Kier alpha value is -5.72. The van der Waals surface area contributed by atoms with E-state index >= 15 is 0 Å². The number of rotatable bonds is 8. The van der Waals surface area contributed by atoms with Gasteiger partial charge in [-0.2, -0.15) is 0 Å². The molecule has 4 heterocycles. The molecule has 12 nitrogen and oxygen atoms in total. The van der Waals surface area contributed by atoms with Crippen molar-refractivity contribution in [1.82, 2.24) is 39.2 Å². The summed E-state index contributed by atoms with van der Waals surface area (Å²) in [6.07, 6.45) is 0. The van der Waals surface area contributed by atoms with E-state index in [1.165, 1.54) is 0 Å².